The molecule has 0 unspecified atom stereocenters. The van der Waals surface area contributed by atoms with Gasteiger partial charge in [0.15, 0.2) is 10.6 Å². The molecule has 0 fully saturated rings. The predicted molar refractivity (Wildman–Crippen MR) is 93.6 cm³/mol. The number of nitrogen functional groups attached to an aromatic ring is 1. The van der Waals surface area contributed by atoms with E-state index in [4.69, 9.17) is 22.5 Å². The molecule has 0 saturated heterocycles. The SMILES string of the molecule is C/C(Cn1cc(-c2csc(N)n2)c(=O)c2cc(F)c(Cl)cc21)=N\O. The topological polar surface area (TPSA) is 93.5 Å². The van der Waals surface area contributed by atoms with Gasteiger partial charge in [0.25, 0.3) is 0 Å². The van der Waals surface area contributed by atoms with E-state index in [1.807, 2.05) is 0 Å². The Kier molecular flexibility index (Phi) is 4.25. The number of aromatic nitrogens is 2. The maximum absolute atomic E-state index is 13.8. The minimum Gasteiger partial charge on any atom is -0.411 e. The monoisotopic (exact) mass is 366 g/mol. The van der Waals surface area contributed by atoms with E-state index in [0.29, 0.717) is 22.1 Å². The Hall–Kier alpha value is -2.45. The van der Waals surface area contributed by atoms with Crippen LogP contribution < -0.4 is 11.2 Å². The number of hydrogen-bond donors (Lipinski definition) is 2. The first kappa shape index (κ1) is 16.4. The Morgan fingerprint density at radius 2 is 2.29 bits per heavy atom. The Labute approximate surface area is 144 Å². The molecular weight excluding hydrogens is 355 g/mol. The van der Waals surface area contributed by atoms with Crippen LogP contribution in [0, 0.1) is 5.82 Å². The van der Waals surface area contributed by atoms with Gasteiger partial charge in [0.05, 0.1) is 34.1 Å². The Morgan fingerprint density at radius 3 is 2.92 bits per heavy atom. The van der Waals surface area contributed by atoms with E-state index in [2.05, 4.69) is 10.1 Å². The number of hydrogen-bond acceptors (Lipinski definition) is 6. The van der Waals surface area contributed by atoms with Gasteiger partial charge in [-0.25, -0.2) is 9.37 Å². The molecule has 3 N–H and O–H groups in total. The molecule has 124 valence electrons. The lowest BCUT2D eigenvalue weighted by Crippen LogP contribution is -2.15. The van der Waals surface area contributed by atoms with Crippen molar-refractivity contribution in [2.75, 3.05) is 5.73 Å². The highest BCUT2D eigenvalue weighted by Crippen LogP contribution is 2.26. The fraction of sp³-hybridized carbons (Fsp3) is 0.133. The number of thiazole rings is 1. The fourth-order valence-electron chi connectivity index (χ4n) is 2.39. The number of oxime groups is 1. The molecule has 24 heavy (non-hydrogen) atoms. The van der Waals surface area contributed by atoms with Crippen molar-refractivity contribution in [3.05, 3.63) is 44.8 Å². The van der Waals surface area contributed by atoms with Crippen molar-refractivity contribution < 1.29 is 9.60 Å². The highest BCUT2D eigenvalue weighted by atomic mass is 35.5. The smallest absolute Gasteiger partial charge is 0.198 e. The fourth-order valence-corrected chi connectivity index (χ4v) is 3.11. The minimum absolute atomic E-state index is 0.0973. The molecule has 0 saturated carbocycles. The van der Waals surface area contributed by atoms with Crippen LogP contribution in [0.2, 0.25) is 5.02 Å². The molecule has 6 nitrogen and oxygen atoms in total. The van der Waals surface area contributed by atoms with Crippen LogP contribution in [0.25, 0.3) is 22.2 Å². The van der Waals surface area contributed by atoms with Crippen LogP contribution in [0.3, 0.4) is 0 Å². The van der Waals surface area contributed by atoms with Crippen LogP contribution in [-0.4, -0.2) is 20.5 Å². The number of fused-ring (bicyclic) bond motifs is 1. The van der Waals surface area contributed by atoms with E-state index in [0.717, 1.165) is 6.07 Å². The molecule has 2 aromatic heterocycles. The van der Waals surface area contributed by atoms with E-state index in [9.17, 15) is 9.18 Å². The van der Waals surface area contributed by atoms with Crippen molar-refractivity contribution in [1.82, 2.24) is 9.55 Å². The summed E-state index contributed by atoms with van der Waals surface area (Å²) in [5.41, 5.74) is 6.79. The first-order valence-electron chi connectivity index (χ1n) is 6.82. The summed E-state index contributed by atoms with van der Waals surface area (Å²) in [5, 5.41) is 14.1. The predicted octanol–water partition coefficient (Wildman–Crippen LogP) is 3.35. The van der Waals surface area contributed by atoms with E-state index < -0.39 is 5.82 Å². The van der Waals surface area contributed by atoms with Crippen molar-refractivity contribution in [2.45, 2.75) is 13.5 Å². The lowest BCUT2D eigenvalue weighted by molar-refractivity contribution is 0.317. The van der Waals surface area contributed by atoms with Crippen LogP contribution in [0.4, 0.5) is 9.52 Å². The molecule has 0 spiro atoms. The highest BCUT2D eigenvalue weighted by molar-refractivity contribution is 7.13. The third-order valence-corrected chi connectivity index (χ3v) is 4.45. The molecular formula is C15H12ClFN4O2S. The molecule has 9 heteroatoms. The van der Waals surface area contributed by atoms with Crippen molar-refractivity contribution >= 4 is 44.7 Å². The number of pyridine rings is 1. The van der Waals surface area contributed by atoms with Crippen LogP contribution in [-0.2, 0) is 6.54 Å². The van der Waals surface area contributed by atoms with Crippen LogP contribution in [0.15, 0.2) is 33.7 Å². The van der Waals surface area contributed by atoms with Crippen molar-refractivity contribution in [3.8, 4) is 11.3 Å². The second kappa shape index (κ2) is 6.21. The van der Waals surface area contributed by atoms with Gasteiger partial charge in [-0.1, -0.05) is 16.8 Å². The van der Waals surface area contributed by atoms with Crippen LogP contribution in [0.1, 0.15) is 6.92 Å². The van der Waals surface area contributed by atoms with Crippen molar-refractivity contribution in [1.29, 1.82) is 0 Å². The molecule has 0 radical (unpaired) electrons. The summed E-state index contributed by atoms with van der Waals surface area (Å²) in [7, 11) is 0. The third-order valence-electron chi connectivity index (χ3n) is 3.49. The van der Waals surface area contributed by atoms with Gasteiger partial charge in [-0.3, -0.25) is 4.79 Å². The van der Waals surface area contributed by atoms with Gasteiger partial charge in [-0.2, -0.15) is 0 Å². The summed E-state index contributed by atoms with van der Waals surface area (Å²) in [6.07, 6.45) is 1.57. The molecule has 0 bridgehead atoms. The standard InChI is InChI=1S/C15H12ClFN4O2S/c1-7(20-23)4-21-5-9(12-6-24-15(18)19-12)14(22)8-2-11(17)10(16)3-13(8)21/h2-3,5-6,23H,4H2,1H3,(H2,18,19)/b20-7+. The molecule has 0 aliphatic rings. The van der Waals surface area contributed by atoms with Gasteiger partial charge in [-0.15, -0.1) is 11.3 Å². The Balaban J connectivity index is 2.36. The summed E-state index contributed by atoms with van der Waals surface area (Å²) in [4.78, 5) is 16.8. The molecule has 3 rings (SSSR count). The molecule has 0 amide bonds. The lowest BCUT2D eigenvalue weighted by atomic mass is 10.1. The number of anilines is 1. The average molecular weight is 367 g/mol. The first-order valence-corrected chi connectivity index (χ1v) is 8.07. The summed E-state index contributed by atoms with van der Waals surface area (Å²) in [5.74, 6) is -0.685. The zero-order chi connectivity index (χ0) is 17.4. The molecule has 0 atom stereocenters. The second-order valence-electron chi connectivity index (χ2n) is 5.19. The number of nitrogens with zero attached hydrogens (tertiary/aromatic N) is 3. The molecule has 2 heterocycles. The van der Waals surface area contributed by atoms with Gasteiger partial charge < -0.3 is 15.5 Å². The van der Waals surface area contributed by atoms with E-state index in [-0.39, 0.29) is 27.9 Å². The largest absolute Gasteiger partial charge is 0.411 e. The summed E-state index contributed by atoms with van der Waals surface area (Å²) >= 11 is 7.05. The average Bonchev–Trinajstić information content (AvgIpc) is 2.98. The summed E-state index contributed by atoms with van der Waals surface area (Å²) in [6.45, 7) is 1.82. The van der Waals surface area contributed by atoms with E-state index in [1.165, 1.54) is 17.4 Å². The van der Waals surface area contributed by atoms with Crippen molar-refractivity contribution in [2.24, 2.45) is 5.16 Å². The number of benzene rings is 1. The summed E-state index contributed by atoms with van der Waals surface area (Å²) in [6, 6.07) is 2.47. The second-order valence-corrected chi connectivity index (χ2v) is 6.49. The quantitative estimate of drug-likeness (QED) is 0.422. The zero-order valence-corrected chi connectivity index (χ0v) is 14.0. The minimum atomic E-state index is -0.685. The lowest BCUT2D eigenvalue weighted by Gasteiger charge is -2.13. The first-order chi connectivity index (χ1) is 11.4. The number of halogens is 2. The van der Waals surface area contributed by atoms with Gasteiger partial charge in [-0.05, 0) is 19.1 Å². The molecule has 3 aromatic rings. The van der Waals surface area contributed by atoms with Crippen LogP contribution in [0.5, 0.6) is 0 Å². The summed E-state index contributed by atoms with van der Waals surface area (Å²) < 4.78 is 15.5. The zero-order valence-electron chi connectivity index (χ0n) is 12.5. The normalized spacial score (nSPS) is 12.0. The van der Waals surface area contributed by atoms with Crippen molar-refractivity contribution in [3.63, 3.8) is 0 Å². The third kappa shape index (κ3) is 2.85. The Bertz CT molecular complexity index is 1030. The Morgan fingerprint density at radius 1 is 1.54 bits per heavy atom. The van der Waals surface area contributed by atoms with Crippen LogP contribution >= 0.6 is 22.9 Å². The van der Waals surface area contributed by atoms with Gasteiger partial charge in [0, 0.05) is 17.0 Å². The van der Waals surface area contributed by atoms with E-state index >= 15 is 0 Å². The maximum Gasteiger partial charge on any atom is 0.198 e. The van der Waals surface area contributed by atoms with E-state index in [1.54, 1.807) is 23.1 Å². The molecule has 1 aromatic carbocycles. The maximum atomic E-state index is 13.8. The number of rotatable bonds is 3. The highest BCUT2D eigenvalue weighted by Gasteiger charge is 2.16. The van der Waals surface area contributed by atoms with Gasteiger partial charge >= 0.3 is 0 Å². The molecule has 0 aliphatic carbocycles. The molecule has 0 aliphatic heterocycles. The van der Waals surface area contributed by atoms with Gasteiger partial charge in [0.1, 0.15) is 5.82 Å². The van der Waals surface area contributed by atoms with Gasteiger partial charge in [0.2, 0.25) is 0 Å². The number of nitrogens with two attached hydrogens (primary N) is 1.